The Morgan fingerprint density at radius 2 is 2.33 bits per heavy atom. The standard InChI is InChI=1S/C5H12O3Si/c1-2-7-4-3-5(6)8-9/h2-4H2,1,9H3. The Balaban J connectivity index is 2.97. The predicted octanol–water partition coefficient (Wildman–Crippen LogP) is -0.763. The number of carbonyl (C=O) groups excluding carboxylic acids is 1. The van der Waals surface area contributed by atoms with Gasteiger partial charge in [0.1, 0.15) is 0 Å². The molecule has 0 radical (unpaired) electrons. The molecular weight excluding hydrogens is 136 g/mol. The van der Waals surface area contributed by atoms with E-state index in [1.807, 2.05) is 6.92 Å². The predicted molar refractivity (Wildman–Crippen MR) is 37.1 cm³/mol. The average molecular weight is 148 g/mol. The van der Waals surface area contributed by atoms with Crippen molar-refractivity contribution in [3.63, 3.8) is 0 Å². The summed E-state index contributed by atoms with van der Waals surface area (Å²) in [7, 11) is 0.486. The Labute approximate surface area is 57.9 Å². The highest BCUT2D eigenvalue weighted by atomic mass is 28.2. The maximum Gasteiger partial charge on any atom is 0.294 e. The largest absolute Gasteiger partial charge is 0.529 e. The van der Waals surface area contributed by atoms with Crippen LogP contribution in [0, 0.1) is 0 Å². The van der Waals surface area contributed by atoms with Crippen LogP contribution in [0.4, 0.5) is 0 Å². The van der Waals surface area contributed by atoms with Crippen LogP contribution in [0.15, 0.2) is 0 Å². The molecular formula is C5H12O3Si. The van der Waals surface area contributed by atoms with E-state index < -0.39 is 0 Å². The molecule has 0 atom stereocenters. The molecule has 0 aliphatic rings. The Morgan fingerprint density at radius 3 is 2.78 bits per heavy atom. The van der Waals surface area contributed by atoms with Crippen LogP contribution < -0.4 is 0 Å². The van der Waals surface area contributed by atoms with Gasteiger partial charge in [0.2, 0.25) is 10.5 Å². The van der Waals surface area contributed by atoms with Crippen molar-refractivity contribution in [1.82, 2.24) is 0 Å². The summed E-state index contributed by atoms with van der Waals surface area (Å²) in [4.78, 5) is 10.4. The Kier molecular flexibility index (Phi) is 5.55. The smallest absolute Gasteiger partial charge is 0.294 e. The van der Waals surface area contributed by atoms with Crippen LogP contribution in [0.25, 0.3) is 0 Å². The molecule has 0 spiro atoms. The normalized spacial score (nSPS) is 9.44. The number of ether oxygens (including phenoxy) is 1. The van der Waals surface area contributed by atoms with Gasteiger partial charge in [0, 0.05) is 6.61 Å². The van der Waals surface area contributed by atoms with E-state index in [4.69, 9.17) is 4.74 Å². The molecule has 0 fully saturated rings. The first kappa shape index (κ1) is 8.65. The van der Waals surface area contributed by atoms with E-state index in [1.165, 1.54) is 0 Å². The summed E-state index contributed by atoms with van der Waals surface area (Å²) in [6.07, 6.45) is 0.386. The summed E-state index contributed by atoms with van der Waals surface area (Å²) in [5, 5.41) is 0. The lowest BCUT2D eigenvalue weighted by molar-refractivity contribution is -0.135. The maximum atomic E-state index is 10.4. The maximum absolute atomic E-state index is 10.4. The summed E-state index contributed by atoms with van der Waals surface area (Å²) < 4.78 is 9.44. The lowest BCUT2D eigenvalue weighted by atomic mass is 10.5. The van der Waals surface area contributed by atoms with Crippen LogP contribution in [0.2, 0.25) is 0 Å². The summed E-state index contributed by atoms with van der Waals surface area (Å²) in [6, 6.07) is 0. The quantitative estimate of drug-likeness (QED) is 0.388. The highest BCUT2D eigenvalue weighted by Crippen LogP contribution is 1.84. The summed E-state index contributed by atoms with van der Waals surface area (Å²) in [6.45, 7) is 3.04. The van der Waals surface area contributed by atoms with E-state index in [-0.39, 0.29) is 5.97 Å². The monoisotopic (exact) mass is 148 g/mol. The Bertz CT molecular complexity index is 84.3. The molecule has 4 heteroatoms. The van der Waals surface area contributed by atoms with Gasteiger partial charge in [0.05, 0.1) is 13.0 Å². The molecule has 3 nitrogen and oxygen atoms in total. The topological polar surface area (TPSA) is 35.5 Å². The van der Waals surface area contributed by atoms with Gasteiger partial charge >= 0.3 is 0 Å². The third kappa shape index (κ3) is 5.52. The molecule has 9 heavy (non-hydrogen) atoms. The molecule has 0 rings (SSSR count). The summed E-state index contributed by atoms with van der Waals surface area (Å²) in [5.74, 6) is -0.157. The fourth-order valence-electron chi connectivity index (χ4n) is 0.402. The molecule has 0 aliphatic carbocycles. The third-order valence-corrected chi connectivity index (χ3v) is 1.34. The highest BCUT2D eigenvalue weighted by molar-refractivity contribution is 6.05. The van der Waals surface area contributed by atoms with Crippen molar-refractivity contribution in [2.75, 3.05) is 13.2 Å². The van der Waals surface area contributed by atoms with Gasteiger partial charge in [0.25, 0.3) is 5.97 Å². The first-order chi connectivity index (χ1) is 4.31. The zero-order valence-corrected chi connectivity index (χ0v) is 7.85. The minimum Gasteiger partial charge on any atom is -0.529 e. The second-order valence-electron chi connectivity index (χ2n) is 1.52. The van der Waals surface area contributed by atoms with Crippen molar-refractivity contribution >= 4 is 16.5 Å². The van der Waals surface area contributed by atoms with E-state index >= 15 is 0 Å². The van der Waals surface area contributed by atoms with Crippen LogP contribution in [0.3, 0.4) is 0 Å². The summed E-state index contributed by atoms with van der Waals surface area (Å²) >= 11 is 0. The van der Waals surface area contributed by atoms with Gasteiger partial charge < -0.3 is 9.16 Å². The van der Waals surface area contributed by atoms with Crippen molar-refractivity contribution < 1.29 is 14.0 Å². The van der Waals surface area contributed by atoms with Crippen molar-refractivity contribution in [2.45, 2.75) is 13.3 Å². The average Bonchev–Trinajstić information content (AvgIpc) is 1.89. The third-order valence-electron chi connectivity index (χ3n) is 0.882. The first-order valence-corrected chi connectivity index (χ1v) is 3.77. The van der Waals surface area contributed by atoms with Crippen LogP contribution in [0.1, 0.15) is 13.3 Å². The molecule has 0 aromatic carbocycles. The van der Waals surface area contributed by atoms with Crippen LogP contribution >= 0.6 is 0 Å². The molecule has 0 heterocycles. The van der Waals surface area contributed by atoms with Gasteiger partial charge in [-0.15, -0.1) is 0 Å². The van der Waals surface area contributed by atoms with Gasteiger partial charge in [0.15, 0.2) is 0 Å². The highest BCUT2D eigenvalue weighted by Gasteiger charge is 1.96. The van der Waals surface area contributed by atoms with Gasteiger partial charge in [-0.25, -0.2) is 0 Å². The van der Waals surface area contributed by atoms with Gasteiger partial charge in [-0.05, 0) is 6.92 Å². The van der Waals surface area contributed by atoms with Gasteiger partial charge in [-0.3, -0.25) is 4.79 Å². The fourth-order valence-corrected chi connectivity index (χ4v) is 0.606. The fraction of sp³-hybridized carbons (Fsp3) is 0.800. The second-order valence-corrected chi connectivity index (χ2v) is 1.93. The molecule has 0 unspecified atom stereocenters. The summed E-state index contributed by atoms with van der Waals surface area (Å²) in [5.41, 5.74) is 0. The Morgan fingerprint density at radius 1 is 1.67 bits per heavy atom. The van der Waals surface area contributed by atoms with Crippen LogP contribution in [-0.2, 0) is 14.0 Å². The molecule has 0 N–H and O–H groups in total. The molecule has 0 aromatic rings. The SMILES string of the molecule is CCOCCC(=O)O[SiH3]. The van der Waals surface area contributed by atoms with Gasteiger partial charge in [-0.1, -0.05) is 0 Å². The Hall–Kier alpha value is -0.353. The van der Waals surface area contributed by atoms with Crippen molar-refractivity contribution in [1.29, 1.82) is 0 Å². The van der Waals surface area contributed by atoms with Crippen molar-refractivity contribution in [2.24, 2.45) is 0 Å². The lowest BCUT2D eigenvalue weighted by Crippen LogP contribution is -2.05. The minimum absolute atomic E-state index is 0.157. The number of hydrogen-bond acceptors (Lipinski definition) is 3. The number of rotatable bonds is 4. The van der Waals surface area contributed by atoms with E-state index in [2.05, 4.69) is 4.43 Å². The van der Waals surface area contributed by atoms with Gasteiger partial charge in [-0.2, -0.15) is 0 Å². The minimum atomic E-state index is -0.157. The van der Waals surface area contributed by atoms with E-state index in [0.29, 0.717) is 30.1 Å². The zero-order valence-electron chi connectivity index (χ0n) is 5.85. The first-order valence-electron chi connectivity index (χ1n) is 2.95. The molecule has 0 bridgehead atoms. The molecule has 0 amide bonds. The van der Waals surface area contributed by atoms with Crippen molar-refractivity contribution in [3.05, 3.63) is 0 Å². The van der Waals surface area contributed by atoms with Crippen molar-refractivity contribution in [3.8, 4) is 0 Å². The molecule has 0 aliphatic heterocycles. The lowest BCUT2D eigenvalue weighted by Gasteiger charge is -1.98. The molecule has 0 saturated carbocycles. The van der Waals surface area contributed by atoms with E-state index in [0.717, 1.165) is 0 Å². The van der Waals surface area contributed by atoms with Crippen LogP contribution in [0.5, 0.6) is 0 Å². The molecule has 0 saturated heterocycles. The second kappa shape index (κ2) is 5.78. The number of carbonyl (C=O) groups is 1. The molecule has 0 aromatic heterocycles. The van der Waals surface area contributed by atoms with E-state index in [9.17, 15) is 4.79 Å². The molecule has 54 valence electrons. The number of hydrogen-bond donors (Lipinski definition) is 0. The van der Waals surface area contributed by atoms with E-state index in [1.54, 1.807) is 0 Å². The zero-order chi connectivity index (χ0) is 7.11. The van der Waals surface area contributed by atoms with Crippen LogP contribution in [-0.4, -0.2) is 29.7 Å².